The standard InChI is InChI=1S/C13H14N2O/c1-15-9-11(16)14-12(15)13(7-8-13)10-5-3-2-4-6-10/h2-6,9,16H,7-8H2,1H3. The molecule has 0 atom stereocenters. The average Bonchev–Trinajstić information content (AvgIpc) is 3.02. The maximum Gasteiger partial charge on any atom is 0.229 e. The van der Waals surface area contributed by atoms with E-state index in [-0.39, 0.29) is 11.3 Å². The lowest BCUT2D eigenvalue weighted by Gasteiger charge is -2.14. The van der Waals surface area contributed by atoms with Gasteiger partial charge in [-0.15, -0.1) is 0 Å². The predicted molar refractivity (Wildman–Crippen MR) is 61.3 cm³/mol. The molecule has 1 aliphatic rings. The molecular formula is C13H14N2O. The molecule has 82 valence electrons. The fraction of sp³-hybridized carbons (Fsp3) is 0.308. The number of imidazole rings is 1. The van der Waals surface area contributed by atoms with E-state index in [0.29, 0.717) is 0 Å². The van der Waals surface area contributed by atoms with Crippen molar-refractivity contribution in [2.75, 3.05) is 0 Å². The fourth-order valence-electron chi connectivity index (χ4n) is 2.42. The first-order chi connectivity index (χ1) is 7.72. The molecule has 0 radical (unpaired) electrons. The fourth-order valence-corrected chi connectivity index (χ4v) is 2.42. The second-order valence-corrected chi connectivity index (χ2v) is 4.48. The summed E-state index contributed by atoms with van der Waals surface area (Å²) in [5.74, 6) is 1.08. The Morgan fingerprint density at radius 2 is 1.94 bits per heavy atom. The van der Waals surface area contributed by atoms with Gasteiger partial charge in [0.1, 0.15) is 5.82 Å². The van der Waals surface area contributed by atoms with Crippen molar-refractivity contribution in [1.82, 2.24) is 9.55 Å². The van der Waals surface area contributed by atoms with Crippen LogP contribution in [-0.4, -0.2) is 14.7 Å². The highest BCUT2D eigenvalue weighted by Crippen LogP contribution is 2.52. The quantitative estimate of drug-likeness (QED) is 0.832. The zero-order valence-corrected chi connectivity index (χ0v) is 9.22. The van der Waals surface area contributed by atoms with Crippen molar-refractivity contribution in [2.45, 2.75) is 18.3 Å². The number of benzene rings is 1. The van der Waals surface area contributed by atoms with Crippen molar-refractivity contribution in [3.8, 4) is 5.88 Å². The third-order valence-corrected chi connectivity index (χ3v) is 3.37. The summed E-state index contributed by atoms with van der Waals surface area (Å²) < 4.78 is 1.93. The molecule has 1 fully saturated rings. The molecule has 0 spiro atoms. The molecule has 3 nitrogen and oxygen atoms in total. The molecule has 1 aromatic carbocycles. The van der Waals surface area contributed by atoms with Crippen LogP contribution in [0.2, 0.25) is 0 Å². The van der Waals surface area contributed by atoms with Crippen molar-refractivity contribution < 1.29 is 5.11 Å². The average molecular weight is 214 g/mol. The Hall–Kier alpha value is -1.77. The van der Waals surface area contributed by atoms with Gasteiger partial charge in [-0.1, -0.05) is 30.3 Å². The Morgan fingerprint density at radius 1 is 1.25 bits per heavy atom. The summed E-state index contributed by atoms with van der Waals surface area (Å²) in [5.41, 5.74) is 1.33. The van der Waals surface area contributed by atoms with Crippen molar-refractivity contribution in [3.63, 3.8) is 0 Å². The normalized spacial score (nSPS) is 17.3. The Bertz CT molecular complexity index is 512. The summed E-state index contributed by atoms with van der Waals surface area (Å²) >= 11 is 0. The van der Waals surface area contributed by atoms with Crippen LogP contribution in [0, 0.1) is 0 Å². The van der Waals surface area contributed by atoms with E-state index in [2.05, 4.69) is 29.2 Å². The molecule has 16 heavy (non-hydrogen) atoms. The molecule has 1 heterocycles. The minimum atomic E-state index is 0.0387. The van der Waals surface area contributed by atoms with Crippen LogP contribution >= 0.6 is 0 Å². The first-order valence-corrected chi connectivity index (χ1v) is 5.51. The molecule has 0 amide bonds. The summed E-state index contributed by atoms with van der Waals surface area (Å²) in [6.45, 7) is 0. The van der Waals surface area contributed by atoms with Gasteiger partial charge in [0.05, 0.1) is 11.6 Å². The van der Waals surface area contributed by atoms with Crippen molar-refractivity contribution in [1.29, 1.82) is 0 Å². The summed E-state index contributed by atoms with van der Waals surface area (Å²) in [6.07, 6.45) is 3.89. The molecule has 3 rings (SSSR count). The highest BCUT2D eigenvalue weighted by molar-refractivity contribution is 5.40. The number of aromatic nitrogens is 2. The second-order valence-electron chi connectivity index (χ2n) is 4.48. The lowest BCUT2D eigenvalue weighted by Crippen LogP contribution is -2.14. The number of hydrogen-bond donors (Lipinski definition) is 1. The molecular weight excluding hydrogens is 200 g/mol. The molecule has 0 saturated heterocycles. The van der Waals surface area contributed by atoms with Gasteiger partial charge < -0.3 is 9.67 Å². The number of rotatable bonds is 2. The number of aromatic hydroxyl groups is 1. The number of nitrogens with zero attached hydrogens (tertiary/aromatic N) is 2. The Kier molecular flexibility index (Phi) is 1.84. The molecule has 1 aliphatic carbocycles. The topological polar surface area (TPSA) is 38.0 Å². The van der Waals surface area contributed by atoms with Gasteiger partial charge in [0.2, 0.25) is 5.88 Å². The van der Waals surface area contributed by atoms with Crippen LogP contribution in [0.1, 0.15) is 24.2 Å². The van der Waals surface area contributed by atoms with Crippen LogP contribution in [-0.2, 0) is 12.5 Å². The zero-order valence-electron chi connectivity index (χ0n) is 9.22. The lowest BCUT2D eigenvalue weighted by molar-refractivity contribution is 0.454. The molecule has 1 aromatic heterocycles. The first-order valence-electron chi connectivity index (χ1n) is 5.51. The molecule has 0 unspecified atom stereocenters. The SMILES string of the molecule is Cn1cc(O)nc1C1(c2ccccc2)CC1. The Balaban J connectivity index is 2.10. The highest BCUT2D eigenvalue weighted by Gasteiger charge is 2.49. The Labute approximate surface area is 94.4 Å². The van der Waals surface area contributed by atoms with E-state index in [1.807, 2.05) is 17.7 Å². The van der Waals surface area contributed by atoms with Crippen LogP contribution in [0.15, 0.2) is 36.5 Å². The van der Waals surface area contributed by atoms with Crippen LogP contribution in [0.3, 0.4) is 0 Å². The molecule has 0 aliphatic heterocycles. The van der Waals surface area contributed by atoms with E-state index in [1.54, 1.807) is 6.20 Å². The van der Waals surface area contributed by atoms with Crippen LogP contribution < -0.4 is 0 Å². The molecule has 1 saturated carbocycles. The van der Waals surface area contributed by atoms with E-state index in [1.165, 1.54) is 5.56 Å². The van der Waals surface area contributed by atoms with E-state index < -0.39 is 0 Å². The Morgan fingerprint density at radius 3 is 2.44 bits per heavy atom. The first kappa shape index (κ1) is 9.46. The number of aryl methyl sites for hydroxylation is 1. The van der Waals surface area contributed by atoms with Crippen molar-refractivity contribution >= 4 is 0 Å². The van der Waals surface area contributed by atoms with Gasteiger partial charge in [-0.2, -0.15) is 4.98 Å². The predicted octanol–water partition coefficient (Wildman–Crippen LogP) is 2.21. The lowest BCUT2D eigenvalue weighted by atomic mass is 9.95. The molecule has 0 bridgehead atoms. The van der Waals surface area contributed by atoms with Crippen molar-refractivity contribution in [2.24, 2.45) is 7.05 Å². The van der Waals surface area contributed by atoms with Gasteiger partial charge in [-0.3, -0.25) is 0 Å². The van der Waals surface area contributed by atoms with E-state index >= 15 is 0 Å². The van der Waals surface area contributed by atoms with E-state index in [4.69, 9.17) is 0 Å². The zero-order chi connectivity index (χ0) is 11.2. The van der Waals surface area contributed by atoms with Gasteiger partial charge in [0, 0.05) is 7.05 Å². The van der Waals surface area contributed by atoms with Crippen LogP contribution in [0.4, 0.5) is 0 Å². The van der Waals surface area contributed by atoms with Gasteiger partial charge in [0.15, 0.2) is 0 Å². The summed E-state index contributed by atoms with van der Waals surface area (Å²) in [6, 6.07) is 10.4. The van der Waals surface area contributed by atoms with Gasteiger partial charge in [0.25, 0.3) is 0 Å². The van der Waals surface area contributed by atoms with Gasteiger partial charge in [-0.05, 0) is 18.4 Å². The van der Waals surface area contributed by atoms with E-state index in [9.17, 15) is 5.11 Å². The van der Waals surface area contributed by atoms with Crippen molar-refractivity contribution in [3.05, 3.63) is 47.9 Å². The molecule has 1 N–H and O–H groups in total. The third-order valence-electron chi connectivity index (χ3n) is 3.37. The molecule has 2 aromatic rings. The minimum absolute atomic E-state index is 0.0387. The summed E-state index contributed by atoms with van der Waals surface area (Å²) in [4.78, 5) is 4.24. The minimum Gasteiger partial charge on any atom is -0.492 e. The van der Waals surface area contributed by atoms with Crippen LogP contribution in [0.5, 0.6) is 5.88 Å². The maximum absolute atomic E-state index is 9.44. The maximum atomic E-state index is 9.44. The van der Waals surface area contributed by atoms with Gasteiger partial charge >= 0.3 is 0 Å². The summed E-state index contributed by atoms with van der Waals surface area (Å²) in [5, 5.41) is 9.44. The van der Waals surface area contributed by atoms with Crippen LogP contribution in [0.25, 0.3) is 0 Å². The van der Waals surface area contributed by atoms with Gasteiger partial charge in [-0.25, -0.2) is 0 Å². The smallest absolute Gasteiger partial charge is 0.229 e. The number of hydrogen-bond acceptors (Lipinski definition) is 2. The monoisotopic (exact) mass is 214 g/mol. The highest BCUT2D eigenvalue weighted by atomic mass is 16.3. The largest absolute Gasteiger partial charge is 0.492 e. The molecule has 3 heteroatoms. The third kappa shape index (κ3) is 1.24. The van der Waals surface area contributed by atoms with E-state index in [0.717, 1.165) is 18.7 Å². The second kappa shape index (κ2) is 3.11. The summed E-state index contributed by atoms with van der Waals surface area (Å²) in [7, 11) is 1.94.